The van der Waals surface area contributed by atoms with Crippen LogP contribution >= 0.6 is 0 Å². The van der Waals surface area contributed by atoms with Gasteiger partial charge in [0.25, 0.3) is 11.6 Å². The van der Waals surface area contributed by atoms with Crippen molar-refractivity contribution in [3.8, 4) is 0 Å². The number of ether oxygens (including phenoxy) is 1. The first kappa shape index (κ1) is 17.3. The number of hydrogen-bond acceptors (Lipinski definition) is 5. The molecule has 2 heterocycles. The van der Waals surface area contributed by atoms with Gasteiger partial charge in [-0.1, -0.05) is 0 Å². The van der Waals surface area contributed by atoms with E-state index in [0.717, 1.165) is 37.8 Å². The van der Waals surface area contributed by atoms with Crippen molar-refractivity contribution in [2.75, 3.05) is 26.3 Å². The molecular formula is C17H20N2O6. The first-order valence-electron chi connectivity index (χ1n) is 8.30. The van der Waals surface area contributed by atoms with Crippen LogP contribution in [-0.2, 0) is 4.74 Å². The lowest BCUT2D eigenvalue weighted by Crippen LogP contribution is -2.48. The van der Waals surface area contributed by atoms with Crippen molar-refractivity contribution >= 4 is 17.6 Å². The molecule has 8 heteroatoms. The third kappa shape index (κ3) is 3.63. The van der Waals surface area contributed by atoms with Crippen LogP contribution < -0.4 is 0 Å². The van der Waals surface area contributed by atoms with Gasteiger partial charge in [-0.3, -0.25) is 14.9 Å². The highest BCUT2D eigenvalue weighted by Gasteiger charge is 2.38. The van der Waals surface area contributed by atoms with Crippen molar-refractivity contribution in [2.45, 2.75) is 25.7 Å². The molecule has 1 aromatic carbocycles. The monoisotopic (exact) mass is 348 g/mol. The lowest BCUT2D eigenvalue weighted by Gasteiger charge is -2.45. The number of non-ortho nitro benzene ring substituents is 1. The summed E-state index contributed by atoms with van der Waals surface area (Å²) in [5.74, 6) is -1.64. The second-order valence-electron chi connectivity index (χ2n) is 6.77. The number of likely N-dealkylation sites (tertiary alicyclic amines) is 1. The first-order chi connectivity index (χ1) is 11.9. The Morgan fingerprint density at radius 3 is 2.48 bits per heavy atom. The molecule has 0 radical (unpaired) electrons. The number of carbonyl (C=O) groups is 2. The highest BCUT2D eigenvalue weighted by Crippen LogP contribution is 2.39. The Bertz CT molecular complexity index is 673. The summed E-state index contributed by atoms with van der Waals surface area (Å²) < 4.78 is 5.42. The normalized spacial score (nSPS) is 19.6. The van der Waals surface area contributed by atoms with Crippen molar-refractivity contribution in [3.63, 3.8) is 0 Å². The highest BCUT2D eigenvalue weighted by molar-refractivity contribution is 5.98. The molecule has 1 spiro atoms. The standard InChI is InChI=1S/C17H20N2O6/c20-15(12-8-13(16(21)22)10-14(9-12)19(23)24)18-5-1-2-17(11-18)3-6-25-7-4-17/h8-10H,1-7,11H2,(H,21,22). The minimum atomic E-state index is -1.29. The van der Waals surface area contributed by atoms with Crippen molar-refractivity contribution in [1.29, 1.82) is 0 Å². The summed E-state index contributed by atoms with van der Waals surface area (Å²) in [7, 11) is 0. The van der Waals surface area contributed by atoms with E-state index in [1.807, 2.05) is 0 Å². The molecule has 0 saturated carbocycles. The maximum absolute atomic E-state index is 12.9. The summed E-state index contributed by atoms with van der Waals surface area (Å²) in [6.07, 6.45) is 3.69. The molecule has 1 N–H and O–H groups in total. The van der Waals surface area contributed by atoms with E-state index < -0.39 is 10.9 Å². The summed E-state index contributed by atoms with van der Waals surface area (Å²) in [5, 5.41) is 20.2. The highest BCUT2D eigenvalue weighted by atomic mass is 16.6. The number of nitro groups is 1. The van der Waals surface area contributed by atoms with Gasteiger partial charge in [-0.05, 0) is 37.2 Å². The summed E-state index contributed by atoms with van der Waals surface area (Å²) in [6, 6.07) is 3.33. The number of carbonyl (C=O) groups excluding carboxylic acids is 1. The van der Waals surface area contributed by atoms with Crippen LogP contribution in [0, 0.1) is 15.5 Å². The number of nitrogens with zero attached hydrogens (tertiary/aromatic N) is 2. The molecule has 0 bridgehead atoms. The number of rotatable bonds is 3. The average Bonchev–Trinajstić information content (AvgIpc) is 2.61. The molecular weight excluding hydrogens is 328 g/mol. The van der Waals surface area contributed by atoms with E-state index in [9.17, 15) is 19.7 Å². The van der Waals surface area contributed by atoms with Gasteiger partial charge in [0.15, 0.2) is 0 Å². The molecule has 1 aromatic rings. The molecule has 2 aliphatic rings. The number of benzene rings is 1. The molecule has 134 valence electrons. The van der Waals surface area contributed by atoms with Crippen molar-refractivity contribution < 1.29 is 24.4 Å². The van der Waals surface area contributed by atoms with Gasteiger partial charge in [0.2, 0.25) is 0 Å². The molecule has 2 fully saturated rings. The number of amides is 1. The second kappa shape index (κ2) is 6.79. The SMILES string of the molecule is O=C(O)c1cc(C(=O)N2CCCC3(CCOCC3)C2)cc([N+](=O)[O-])c1. The minimum Gasteiger partial charge on any atom is -0.478 e. The van der Waals surface area contributed by atoms with Crippen molar-refractivity contribution in [2.24, 2.45) is 5.41 Å². The number of carboxylic acids is 1. The molecule has 2 aliphatic heterocycles. The topological polar surface area (TPSA) is 110 Å². The van der Waals surface area contributed by atoms with E-state index >= 15 is 0 Å². The molecule has 3 rings (SSSR count). The Morgan fingerprint density at radius 1 is 1.16 bits per heavy atom. The van der Waals surface area contributed by atoms with Gasteiger partial charge in [0.1, 0.15) is 0 Å². The van der Waals surface area contributed by atoms with Crippen LogP contribution in [0.2, 0.25) is 0 Å². The molecule has 1 amide bonds. The van der Waals surface area contributed by atoms with Crippen LogP contribution in [0.4, 0.5) is 5.69 Å². The van der Waals surface area contributed by atoms with Crippen LogP contribution in [0.5, 0.6) is 0 Å². The quantitative estimate of drug-likeness (QED) is 0.663. The number of aromatic carboxylic acids is 1. The maximum atomic E-state index is 12.9. The summed E-state index contributed by atoms with van der Waals surface area (Å²) >= 11 is 0. The lowest BCUT2D eigenvalue weighted by molar-refractivity contribution is -0.384. The van der Waals surface area contributed by atoms with Gasteiger partial charge in [-0.2, -0.15) is 0 Å². The molecule has 0 unspecified atom stereocenters. The van der Waals surface area contributed by atoms with E-state index in [1.54, 1.807) is 4.90 Å². The third-order valence-corrected chi connectivity index (χ3v) is 5.12. The Kier molecular flexibility index (Phi) is 4.71. The van der Waals surface area contributed by atoms with Gasteiger partial charge in [-0.15, -0.1) is 0 Å². The predicted octanol–water partition coefficient (Wildman–Crippen LogP) is 2.33. The molecule has 8 nitrogen and oxygen atoms in total. The Hall–Kier alpha value is -2.48. The first-order valence-corrected chi connectivity index (χ1v) is 8.30. The van der Waals surface area contributed by atoms with E-state index in [1.165, 1.54) is 6.07 Å². The average molecular weight is 348 g/mol. The van der Waals surface area contributed by atoms with E-state index in [4.69, 9.17) is 9.84 Å². The summed E-state index contributed by atoms with van der Waals surface area (Å²) in [5.41, 5.74) is -0.547. The molecule has 2 saturated heterocycles. The van der Waals surface area contributed by atoms with Gasteiger partial charge in [-0.25, -0.2) is 4.79 Å². The zero-order chi connectivity index (χ0) is 18.0. The van der Waals surface area contributed by atoms with Gasteiger partial charge < -0.3 is 14.7 Å². The smallest absolute Gasteiger partial charge is 0.335 e. The maximum Gasteiger partial charge on any atom is 0.335 e. The zero-order valence-corrected chi connectivity index (χ0v) is 13.8. The summed E-state index contributed by atoms with van der Waals surface area (Å²) in [6.45, 7) is 2.52. The fourth-order valence-corrected chi connectivity index (χ4v) is 3.74. The fourth-order valence-electron chi connectivity index (χ4n) is 3.74. The van der Waals surface area contributed by atoms with E-state index in [0.29, 0.717) is 26.3 Å². The van der Waals surface area contributed by atoms with E-state index in [2.05, 4.69) is 0 Å². The number of piperidine rings is 1. The number of nitro benzene ring substituents is 1. The zero-order valence-electron chi connectivity index (χ0n) is 13.8. The van der Waals surface area contributed by atoms with Crippen LogP contribution in [0.3, 0.4) is 0 Å². The van der Waals surface area contributed by atoms with Crippen LogP contribution in [0.1, 0.15) is 46.4 Å². The third-order valence-electron chi connectivity index (χ3n) is 5.12. The van der Waals surface area contributed by atoms with E-state index in [-0.39, 0.29) is 28.1 Å². The second-order valence-corrected chi connectivity index (χ2v) is 6.77. The minimum absolute atomic E-state index is 0.0441. The van der Waals surface area contributed by atoms with Crippen LogP contribution in [0.15, 0.2) is 18.2 Å². The predicted molar refractivity (Wildman–Crippen MR) is 87.7 cm³/mol. The van der Waals surface area contributed by atoms with Gasteiger partial charge in [0, 0.05) is 44.0 Å². The number of carboxylic acid groups (broad SMARTS) is 1. The molecule has 25 heavy (non-hydrogen) atoms. The fraction of sp³-hybridized carbons (Fsp3) is 0.529. The van der Waals surface area contributed by atoms with Gasteiger partial charge in [0.05, 0.1) is 10.5 Å². The Labute approximate surface area is 144 Å². The summed E-state index contributed by atoms with van der Waals surface area (Å²) in [4.78, 5) is 36.1. The molecule has 0 atom stereocenters. The largest absolute Gasteiger partial charge is 0.478 e. The van der Waals surface area contributed by atoms with Crippen LogP contribution in [-0.4, -0.2) is 53.1 Å². The molecule has 0 aromatic heterocycles. The lowest BCUT2D eigenvalue weighted by atomic mass is 9.74. The van der Waals surface area contributed by atoms with Crippen molar-refractivity contribution in [3.05, 3.63) is 39.4 Å². The van der Waals surface area contributed by atoms with Gasteiger partial charge >= 0.3 is 5.97 Å². The number of hydrogen-bond donors (Lipinski definition) is 1. The van der Waals surface area contributed by atoms with Crippen LogP contribution in [0.25, 0.3) is 0 Å². The molecule has 0 aliphatic carbocycles. The Balaban J connectivity index is 1.86. The Morgan fingerprint density at radius 2 is 1.84 bits per heavy atom. The van der Waals surface area contributed by atoms with Crippen molar-refractivity contribution in [1.82, 2.24) is 4.90 Å².